The number of halogens is 1. The van der Waals surface area contributed by atoms with Gasteiger partial charge in [-0.15, -0.1) is 0 Å². The monoisotopic (exact) mass is 383 g/mol. The molecule has 4 amide bonds. The van der Waals surface area contributed by atoms with Crippen molar-refractivity contribution in [3.05, 3.63) is 66.0 Å². The lowest BCUT2D eigenvalue weighted by molar-refractivity contribution is -0.137. The summed E-state index contributed by atoms with van der Waals surface area (Å²) in [6, 6.07) is 13.5. The lowest BCUT2D eigenvalue weighted by Gasteiger charge is -2.24. The molecule has 0 spiro atoms. The van der Waals surface area contributed by atoms with Crippen molar-refractivity contribution < 1.29 is 18.8 Å². The maximum atomic E-state index is 13.2. The topological polar surface area (TPSA) is 60.9 Å². The minimum absolute atomic E-state index is 0.304. The van der Waals surface area contributed by atoms with E-state index in [9.17, 15) is 18.8 Å². The molecular weight excluding hydrogens is 361 g/mol. The van der Waals surface area contributed by atoms with Crippen LogP contribution in [-0.2, 0) is 16.1 Å². The zero-order valence-corrected chi connectivity index (χ0v) is 15.8. The van der Waals surface area contributed by atoms with Gasteiger partial charge in [0.15, 0.2) is 0 Å². The number of carbonyl (C=O) groups is 3. The second-order valence-corrected chi connectivity index (χ2v) is 6.62. The molecule has 2 aromatic rings. The van der Waals surface area contributed by atoms with Gasteiger partial charge < -0.3 is 4.90 Å². The molecule has 0 aromatic heterocycles. The lowest BCUT2D eigenvalue weighted by Crippen LogP contribution is -2.43. The average Bonchev–Trinajstić information content (AvgIpc) is 2.91. The van der Waals surface area contributed by atoms with Crippen molar-refractivity contribution in [2.24, 2.45) is 0 Å². The number of likely N-dealkylation sites (N-methyl/N-ethyl adjacent to an activating group) is 1. The summed E-state index contributed by atoms with van der Waals surface area (Å²) in [6.07, 6.45) is 0. The summed E-state index contributed by atoms with van der Waals surface area (Å²) in [5, 5.41) is 0. The molecule has 0 radical (unpaired) electrons. The quantitative estimate of drug-likeness (QED) is 0.721. The molecule has 3 rings (SSSR count). The molecule has 1 fully saturated rings. The number of anilines is 1. The van der Waals surface area contributed by atoms with Crippen LogP contribution in [-0.4, -0.2) is 46.8 Å². The zero-order chi connectivity index (χ0) is 20.3. The Morgan fingerprint density at radius 3 is 2.32 bits per heavy atom. The summed E-state index contributed by atoms with van der Waals surface area (Å²) in [5.41, 5.74) is 1.39. The molecule has 7 heteroatoms. The Kier molecular flexibility index (Phi) is 5.73. The largest absolute Gasteiger partial charge is 0.337 e. The number of nitrogens with zero attached hydrogens (tertiary/aromatic N) is 3. The second kappa shape index (κ2) is 8.21. The molecule has 0 saturated carbocycles. The fourth-order valence-corrected chi connectivity index (χ4v) is 3.22. The number of carbonyl (C=O) groups excluding carboxylic acids is 3. The number of hydrogen-bond donors (Lipinski definition) is 0. The van der Waals surface area contributed by atoms with Crippen molar-refractivity contribution in [2.75, 3.05) is 18.0 Å². The summed E-state index contributed by atoms with van der Waals surface area (Å²) >= 11 is 0. The molecule has 0 bridgehead atoms. The van der Waals surface area contributed by atoms with Crippen LogP contribution in [0, 0.1) is 5.82 Å². The molecule has 0 N–H and O–H groups in total. The first-order valence-corrected chi connectivity index (χ1v) is 9.14. The highest BCUT2D eigenvalue weighted by atomic mass is 19.1. The van der Waals surface area contributed by atoms with Crippen LogP contribution in [0.4, 0.5) is 14.9 Å². The standard InChI is InChI=1S/C21H22FN3O3/c1-3-23(13-16-7-5-4-6-8-16)19(26)14-24-20(27)15(2)25(21(24)28)18-11-9-17(22)10-12-18/h4-12,15H,3,13-14H2,1-2H3/t15-/m0/s1. The van der Waals surface area contributed by atoms with Crippen molar-refractivity contribution in [3.8, 4) is 0 Å². The van der Waals surface area contributed by atoms with E-state index in [1.54, 1.807) is 11.8 Å². The first kappa shape index (κ1) is 19.5. The Morgan fingerprint density at radius 2 is 1.71 bits per heavy atom. The second-order valence-electron chi connectivity index (χ2n) is 6.62. The Bertz CT molecular complexity index is 870. The van der Waals surface area contributed by atoms with Gasteiger partial charge in [-0.2, -0.15) is 0 Å². The molecule has 146 valence electrons. The van der Waals surface area contributed by atoms with E-state index in [4.69, 9.17) is 0 Å². The van der Waals surface area contributed by atoms with Crippen molar-refractivity contribution in [3.63, 3.8) is 0 Å². The van der Waals surface area contributed by atoms with E-state index in [0.717, 1.165) is 10.5 Å². The van der Waals surface area contributed by atoms with Gasteiger partial charge >= 0.3 is 6.03 Å². The highest BCUT2D eigenvalue weighted by molar-refractivity contribution is 6.15. The zero-order valence-electron chi connectivity index (χ0n) is 15.8. The van der Waals surface area contributed by atoms with Gasteiger partial charge in [0.2, 0.25) is 5.91 Å². The average molecular weight is 383 g/mol. The molecule has 6 nitrogen and oxygen atoms in total. The third kappa shape index (κ3) is 3.88. The third-order valence-corrected chi connectivity index (χ3v) is 4.80. The summed E-state index contributed by atoms with van der Waals surface area (Å²) in [5.74, 6) is -1.18. The predicted molar refractivity (Wildman–Crippen MR) is 103 cm³/mol. The molecule has 1 heterocycles. The normalized spacial score (nSPS) is 16.6. The minimum Gasteiger partial charge on any atom is -0.337 e. The van der Waals surface area contributed by atoms with Crippen LogP contribution in [0.15, 0.2) is 54.6 Å². The Morgan fingerprint density at radius 1 is 1.07 bits per heavy atom. The number of benzene rings is 2. The lowest BCUT2D eigenvalue weighted by atomic mass is 10.2. The smallest absolute Gasteiger partial charge is 0.332 e. The van der Waals surface area contributed by atoms with Crippen molar-refractivity contribution in [1.82, 2.24) is 9.80 Å². The molecule has 28 heavy (non-hydrogen) atoms. The van der Waals surface area contributed by atoms with Crippen LogP contribution >= 0.6 is 0 Å². The summed E-state index contributed by atoms with van der Waals surface area (Å²) in [7, 11) is 0. The van der Waals surface area contributed by atoms with Gasteiger partial charge in [0.1, 0.15) is 18.4 Å². The minimum atomic E-state index is -0.755. The number of rotatable bonds is 6. The molecule has 0 unspecified atom stereocenters. The van der Waals surface area contributed by atoms with Crippen molar-refractivity contribution in [1.29, 1.82) is 0 Å². The summed E-state index contributed by atoms with van der Waals surface area (Å²) in [4.78, 5) is 41.9. The highest BCUT2D eigenvalue weighted by Crippen LogP contribution is 2.26. The van der Waals surface area contributed by atoms with E-state index in [-0.39, 0.29) is 12.5 Å². The van der Waals surface area contributed by atoms with Crippen LogP contribution < -0.4 is 4.90 Å². The van der Waals surface area contributed by atoms with Crippen molar-refractivity contribution >= 4 is 23.5 Å². The number of urea groups is 1. The third-order valence-electron chi connectivity index (χ3n) is 4.80. The Balaban J connectivity index is 1.73. The SMILES string of the molecule is CCN(Cc1ccccc1)C(=O)CN1C(=O)[C@H](C)N(c2ccc(F)cc2)C1=O. The van der Waals surface area contributed by atoms with Crippen LogP contribution in [0.2, 0.25) is 0 Å². The first-order chi connectivity index (χ1) is 13.4. The van der Waals surface area contributed by atoms with Crippen molar-refractivity contribution in [2.45, 2.75) is 26.4 Å². The number of amides is 4. The molecule has 2 aromatic carbocycles. The maximum Gasteiger partial charge on any atom is 0.332 e. The van der Waals surface area contributed by atoms with Crippen LogP contribution in [0.1, 0.15) is 19.4 Å². The Labute approximate surface area is 163 Å². The maximum absolute atomic E-state index is 13.2. The first-order valence-electron chi connectivity index (χ1n) is 9.14. The van der Waals surface area contributed by atoms with E-state index < -0.39 is 23.8 Å². The molecule has 0 aliphatic carbocycles. The van der Waals surface area contributed by atoms with Crippen LogP contribution in [0.25, 0.3) is 0 Å². The van der Waals surface area contributed by atoms with Gasteiger partial charge in [-0.3, -0.25) is 19.4 Å². The van der Waals surface area contributed by atoms with E-state index >= 15 is 0 Å². The van der Waals surface area contributed by atoms with Crippen LogP contribution in [0.3, 0.4) is 0 Å². The van der Waals surface area contributed by atoms with Gasteiger partial charge in [0, 0.05) is 18.8 Å². The van der Waals surface area contributed by atoms with Gasteiger partial charge in [-0.25, -0.2) is 9.18 Å². The van der Waals surface area contributed by atoms with Crippen LogP contribution in [0.5, 0.6) is 0 Å². The summed E-state index contributed by atoms with van der Waals surface area (Å²) in [6.45, 7) is 3.99. The van der Waals surface area contributed by atoms with Gasteiger partial charge in [-0.1, -0.05) is 30.3 Å². The predicted octanol–water partition coefficient (Wildman–Crippen LogP) is 3.03. The summed E-state index contributed by atoms with van der Waals surface area (Å²) < 4.78 is 13.2. The van der Waals surface area contributed by atoms with E-state index in [2.05, 4.69) is 0 Å². The number of hydrogen-bond acceptors (Lipinski definition) is 3. The molecule has 1 atom stereocenters. The van der Waals surface area contributed by atoms with Gasteiger partial charge in [0.25, 0.3) is 5.91 Å². The fraction of sp³-hybridized carbons (Fsp3) is 0.286. The molecule has 1 aliphatic heterocycles. The van der Waals surface area contributed by atoms with Gasteiger partial charge in [0.05, 0.1) is 0 Å². The molecule has 1 saturated heterocycles. The van der Waals surface area contributed by atoms with E-state index in [1.807, 2.05) is 37.3 Å². The Hall–Kier alpha value is -3.22. The molecule has 1 aliphatic rings. The fourth-order valence-electron chi connectivity index (χ4n) is 3.22. The van der Waals surface area contributed by atoms with E-state index in [0.29, 0.717) is 18.8 Å². The van der Waals surface area contributed by atoms with E-state index in [1.165, 1.54) is 29.2 Å². The highest BCUT2D eigenvalue weighted by Gasteiger charge is 2.44. The number of imide groups is 1. The van der Waals surface area contributed by atoms with Gasteiger partial charge in [-0.05, 0) is 43.7 Å². The molecular formula is C21H22FN3O3.